The first kappa shape index (κ1) is 15.5. The Morgan fingerprint density at radius 1 is 1.04 bits per heavy atom. The fourth-order valence-electron chi connectivity index (χ4n) is 2.91. The number of ether oxygens (including phenoxy) is 1. The van der Waals surface area contributed by atoms with E-state index >= 15 is 0 Å². The molecule has 2 aromatic carbocycles. The molecule has 1 saturated carbocycles. The van der Waals surface area contributed by atoms with Crippen LogP contribution < -0.4 is 10.1 Å². The van der Waals surface area contributed by atoms with Gasteiger partial charge >= 0.3 is 6.61 Å². The lowest BCUT2D eigenvalue weighted by Gasteiger charge is -2.43. The molecule has 0 heterocycles. The molecular formula is C18H17F2NO2. The second kappa shape index (κ2) is 6.36. The molecular weight excluding hydrogens is 300 g/mol. The van der Waals surface area contributed by atoms with E-state index in [-0.39, 0.29) is 11.3 Å². The van der Waals surface area contributed by atoms with Crippen LogP contribution in [0.2, 0.25) is 0 Å². The maximum absolute atomic E-state index is 12.6. The Bertz CT molecular complexity index is 684. The highest BCUT2D eigenvalue weighted by molar-refractivity contribution is 5.97. The topological polar surface area (TPSA) is 38.3 Å². The summed E-state index contributed by atoms with van der Waals surface area (Å²) in [5.41, 5.74) is 0.734. The van der Waals surface area contributed by atoms with Gasteiger partial charge in [-0.2, -0.15) is 8.78 Å². The Balaban J connectivity index is 1.84. The zero-order valence-corrected chi connectivity index (χ0v) is 12.5. The molecule has 1 N–H and O–H groups in total. The van der Waals surface area contributed by atoms with Crippen LogP contribution in [0.25, 0.3) is 0 Å². The predicted molar refractivity (Wildman–Crippen MR) is 82.5 cm³/mol. The van der Waals surface area contributed by atoms with Gasteiger partial charge in [0.2, 0.25) is 0 Å². The van der Waals surface area contributed by atoms with Gasteiger partial charge in [-0.25, -0.2) is 0 Å². The molecule has 0 bridgehead atoms. The number of para-hydroxylation sites is 1. The molecule has 0 saturated heterocycles. The van der Waals surface area contributed by atoms with Gasteiger partial charge in [0.15, 0.2) is 0 Å². The van der Waals surface area contributed by atoms with Crippen molar-refractivity contribution in [2.45, 2.75) is 31.4 Å². The van der Waals surface area contributed by atoms with Gasteiger partial charge in [-0.15, -0.1) is 0 Å². The smallest absolute Gasteiger partial charge is 0.387 e. The highest BCUT2D eigenvalue weighted by Gasteiger charge is 2.40. The number of alkyl halides is 2. The second-order valence-corrected chi connectivity index (χ2v) is 5.63. The molecule has 1 amide bonds. The Kier molecular flexibility index (Phi) is 4.28. The highest BCUT2D eigenvalue weighted by Crippen LogP contribution is 2.41. The molecule has 1 aliphatic rings. The van der Waals surface area contributed by atoms with Crippen molar-refractivity contribution in [3.63, 3.8) is 0 Å². The van der Waals surface area contributed by atoms with E-state index in [1.807, 2.05) is 30.3 Å². The van der Waals surface area contributed by atoms with E-state index in [1.165, 1.54) is 12.1 Å². The van der Waals surface area contributed by atoms with Gasteiger partial charge in [0.25, 0.3) is 5.91 Å². The number of halogens is 2. The van der Waals surface area contributed by atoms with E-state index in [0.717, 1.165) is 24.8 Å². The Hall–Kier alpha value is -2.43. The van der Waals surface area contributed by atoms with E-state index in [0.29, 0.717) is 0 Å². The van der Waals surface area contributed by atoms with Crippen LogP contribution in [-0.2, 0) is 5.54 Å². The maximum Gasteiger partial charge on any atom is 0.387 e. The summed E-state index contributed by atoms with van der Waals surface area (Å²) in [5, 5.41) is 3.01. The third-order valence-electron chi connectivity index (χ3n) is 4.23. The quantitative estimate of drug-likeness (QED) is 0.902. The van der Waals surface area contributed by atoms with Crippen molar-refractivity contribution in [3.05, 3.63) is 65.7 Å². The zero-order valence-electron chi connectivity index (χ0n) is 12.5. The number of rotatable bonds is 5. The first-order chi connectivity index (χ1) is 11.1. The van der Waals surface area contributed by atoms with E-state index in [9.17, 15) is 13.6 Å². The van der Waals surface area contributed by atoms with Gasteiger partial charge in [0, 0.05) is 0 Å². The van der Waals surface area contributed by atoms with Gasteiger partial charge in [-0.05, 0) is 37.0 Å². The average molecular weight is 317 g/mol. The third kappa shape index (κ3) is 3.18. The Morgan fingerprint density at radius 2 is 1.70 bits per heavy atom. The molecule has 1 fully saturated rings. The molecule has 23 heavy (non-hydrogen) atoms. The van der Waals surface area contributed by atoms with Crippen LogP contribution in [0.1, 0.15) is 35.2 Å². The van der Waals surface area contributed by atoms with Gasteiger partial charge < -0.3 is 10.1 Å². The number of nitrogens with one attached hydrogen (secondary N) is 1. The summed E-state index contributed by atoms with van der Waals surface area (Å²) in [4.78, 5) is 12.6. The molecule has 0 radical (unpaired) electrons. The molecule has 0 aromatic heterocycles. The molecule has 3 nitrogen and oxygen atoms in total. The molecule has 2 aromatic rings. The van der Waals surface area contributed by atoms with Crippen LogP contribution >= 0.6 is 0 Å². The van der Waals surface area contributed by atoms with Crippen molar-refractivity contribution >= 4 is 5.91 Å². The maximum atomic E-state index is 12.6. The molecule has 120 valence electrons. The van der Waals surface area contributed by atoms with Crippen LogP contribution in [-0.4, -0.2) is 12.5 Å². The molecule has 0 spiro atoms. The fraction of sp³-hybridized carbons (Fsp3) is 0.278. The Labute approximate surface area is 133 Å². The van der Waals surface area contributed by atoms with Crippen LogP contribution in [0.15, 0.2) is 54.6 Å². The van der Waals surface area contributed by atoms with Crippen molar-refractivity contribution in [2.75, 3.05) is 0 Å². The summed E-state index contributed by atoms with van der Waals surface area (Å²) in [5.74, 6) is -0.507. The minimum Gasteiger partial charge on any atom is -0.434 e. The first-order valence-corrected chi connectivity index (χ1v) is 7.53. The summed E-state index contributed by atoms with van der Waals surface area (Å²) in [6, 6.07) is 15.8. The predicted octanol–water partition coefficient (Wildman–Crippen LogP) is 4.10. The fourth-order valence-corrected chi connectivity index (χ4v) is 2.91. The normalized spacial score (nSPS) is 15.8. The number of benzene rings is 2. The lowest BCUT2D eigenvalue weighted by molar-refractivity contribution is -0.0502. The van der Waals surface area contributed by atoms with E-state index < -0.39 is 18.1 Å². The van der Waals surface area contributed by atoms with E-state index in [1.54, 1.807) is 12.1 Å². The molecule has 0 unspecified atom stereocenters. The van der Waals surface area contributed by atoms with Crippen LogP contribution in [0, 0.1) is 0 Å². The minimum absolute atomic E-state index is 0.109. The molecule has 5 heteroatoms. The van der Waals surface area contributed by atoms with Crippen molar-refractivity contribution in [1.29, 1.82) is 0 Å². The number of amides is 1. The lowest BCUT2D eigenvalue weighted by Crippen LogP contribution is -2.50. The van der Waals surface area contributed by atoms with Crippen LogP contribution in [0.4, 0.5) is 8.78 Å². The molecule has 3 rings (SSSR count). The number of carbonyl (C=O) groups excluding carboxylic acids is 1. The van der Waals surface area contributed by atoms with Crippen molar-refractivity contribution in [2.24, 2.45) is 0 Å². The third-order valence-corrected chi connectivity index (χ3v) is 4.23. The van der Waals surface area contributed by atoms with Crippen LogP contribution in [0.5, 0.6) is 5.75 Å². The molecule has 0 aliphatic heterocycles. The summed E-state index contributed by atoms with van der Waals surface area (Å²) in [7, 11) is 0. The Morgan fingerprint density at radius 3 is 2.30 bits per heavy atom. The molecule has 0 atom stereocenters. The van der Waals surface area contributed by atoms with Gasteiger partial charge in [0.1, 0.15) is 5.75 Å². The summed E-state index contributed by atoms with van der Waals surface area (Å²) < 4.78 is 29.4. The monoisotopic (exact) mass is 317 g/mol. The van der Waals surface area contributed by atoms with Gasteiger partial charge in [-0.1, -0.05) is 42.5 Å². The zero-order chi connectivity index (χ0) is 16.3. The number of hydrogen-bond acceptors (Lipinski definition) is 2. The summed E-state index contributed by atoms with van der Waals surface area (Å²) in [6.07, 6.45) is 2.69. The molecule has 1 aliphatic carbocycles. The summed E-state index contributed by atoms with van der Waals surface area (Å²) >= 11 is 0. The second-order valence-electron chi connectivity index (χ2n) is 5.63. The van der Waals surface area contributed by atoms with Crippen molar-refractivity contribution < 1.29 is 18.3 Å². The van der Waals surface area contributed by atoms with Gasteiger partial charge in [0.05, 0.1) is 11.1 Å². The van der Waals surface area contributed by atoms with Crippen molar-refractivity contribution in [1.82, 2.24) is 5.32 Å². The first-order valence-electron chi connectivity index (χ1n) is 7.53. The van der Waals surface area contributed by atoms with Crippen molar-refractivity contribution in [3.8, 4) is 5.75 Å². The highest BCUT2D eigenvalue weighted by atomic mass is 19.3. The van der Waals surface area contributed by atoms with Gasteiger partial charge in [-0.3, -0.25) is 4.79 Å². The van der Waals surface area contributed by atoms with E-state index in [2.05, 4.69) is 10.1 Å². The standard InChI is InChI=1S/C18H17F2NO2/c19-17(20)23-15-10-5-4-9-14(15)16(22)21-18(11-6-12-18)13-7-2-1-3-8-13/h1-5,7-10,17H,6,11-12H2,(H,21,22). The van der Waals surface area contributed by atoms with Crippen LogP contribution in [0.3, 0.4) is 0 Å². The van der Waals surface area contributed by atoms with E-state index in [4.69, 9.17) is 0 Å². The number of carbonyl (C=O) groups is 1. The largest absolute Gasteiger partial charge is 0.434 e. The number of hydrogen-bond donors (Lipinski definition) is 1. The average Bonchev–Trinajstić information content (AvgIpc) is 2.51. The summed E-state index contributed by atoms with van der Waals surface area (Å²) in [6.45, 7) is -2.96. The SMILES string of the molecule is O=C(NC1(c2ccccc2)CCC1)c1ccccc1OC(F)F. The lowest BCUT2D eigenvalue weighted by atomic mass is 9.71. The minimum atomic E-state index is -2.96.